The van der Waals surface area contributed by atoms with E-state index in [1.54, 1.807) is 12.1 Å². The average Bonchev–Trinajstić information content (AvgIpc) is 3.24. The number of aromatic nitrogens is 1. The highest BCUT2D eigenvalue weighted by atomic mass is 32.1. The fourth-order valence-corrected chi connectivity index (χ4v) is 4.18. The molecular weight excluding hydrogens is 360 g/mol. The van der Waals surface area contributed by atoms with E-state index in [4.69, 9.17) is 0 Å². The Morgan fingerprint density at radius 3 is 2.67 bits per heavy atom. The molecule has 27 heavy (non-hydrogen) atoms. The molecule has 3 aromatic rings. The zero-order valence-electron chi connectivity index (χ0n) is 15.0. The van der Waals surface area contributed by atoms with Gasteiger partial charge in [0.1, 0.15) is 0 Å². The van der Waals surface area contributed by atoms with Gasteiger partial charge in [-0.2, -0.15) is 0 Å². The summed E-state index contributed by atoms with van der Waals surface area (Å²) >= 11 is 1.53. The Hall–Kier alpha value is -2.93. The van der Waals surface area contributed by atoms with Crippen molar-refractivity contribution in [3.05, 3.63) is 64.5 Å². The van der Waals surface area contributed by atoms with Gasteiger partial charge >= 0.3 is 0 Å². The van der Waals surface area contributed by atoms with Crippen LogP contribution in [0.4, 0.5) is 0 Å². The summed E-state index contributed by atoms with van der Waals surface area (Å²) in [5, 5.41) is 4.26. The quantitative estimate of drug-likeness (QED) is 0.707. The summed E-state index contributed by atoms with van der Waals surface area (Å²) in [6.07, 6.45) is 1.56. The molecule has 0 saturated carbocycles. The first-order valence-electron chi connectivity index (χ1n) is 8.87. The van der Waals surface area contributed by atoms with Crippen LogP contribution in [0.15, 0.2) is 53.6 Å². The second-order valence-corrected chi connectivity index (χ2v) is 7.59. The number of hydrogen-bond donors (Lipinski definition) is 1. The third-order valence-corrected chi connectivity index (χ3v) is 5.84. The van der Waals surface area contributed by atoms with Crippen LogP contribution in [0.1, 0.15) is 28.8 Å². The summed E-state index contributed by atoms with van der Waals surface area (Å²) in [7, 11) is 1.93. The average molecular weight is 380 g/mol. The number of carbonyl (C=O) groups excluding carboxylic acids is 2. The summed E-state index contributed by atoms with van der Waals surface area (Å²) in [5.74, 6) is -0.0527. The highest BCUT2D eigenvalue weighted by molar-refractivity contribution is 7.16. The van der Waals surface area contributed by atoms with Crippen LogP contribution in [0.2, 0.25) is 0 Å². The first kappa shape index (κ1) is 17.5. The van der Waals surface area contributed by atoms with Crippen molar-refractivity contribution in [2.24, 2.45) is 12.1 Å². The van der Waals surface area contributed by atoms with Crippen molar-refractivity contribution < 1.29 is 9.59 Å². The lowest BCUT2D eigenvalue weighted by atomic mass is 10.1. The predicted octanol–water partition coefficient (Wildman–Crippen LogP) is 2.61. The molecule has 7 heteroatoms. The fourth-order valence-electron chi connectivity index (χ4n) is 3.20. The van der Waals surface area contributed by atoms with Gasteiger partial charge < -0.3 is 9.47 Å². The largest absolute Gasteiger partial charge is 0.338 e. The van der Waals surface area contributed by atoms with Crippen LogP contribution < -0.4 is 10.2 Å². The van der Waals surface area contributed by atoms with Crippen LogP contribution in [-0.2, 0) is 18.4 Å². The molecule has 1 aromatic heterocycles. The number of benzene rings is 2. The minimum atomic E-state index is -0.253. The molecule has 2 amide bonds. The van der Waals surface area contributed by atoms with Crippen LogP contribution in [0, 0.1) is 0 Å². The third kappa shape index (κ3) is 3.64. The number of carbonyl (C=O) groups is 2. The van der Waals surface area contributed by atoms with Crippen molar-refractivity contribution >= 4 is 33.4 Å². The Morgan fingerprint density at radius 1 is 1.19 bits per heavy atom. The number of aryl methyl sites for hydroxylation is 1. The van der Waals surface area contributed by atoms with Crippen LogP contribution in [0.5, 0.6) is 0 Å². The molecule has 0 bridgehead atoms. The van der Waals surface area contributed by atoms with Gasteiger partial charge in [0, 0.05) is 32.1 Å². The number of para-hydroxylation sites is 1. The SMILES string of the molecule is Cn1/c(=N/NC(=O)c2ccc(CN3CCCC3=O)cc2)sc2ccccc21. The highest BCUT2D eigenvalue weighted by Crippen LogP contribution is 2.16. The van der Waals surface area contributed by atoms with E-state index in [-0.39, 0.29) is 11.8 Å². The smallest absolute Gasteiger partial charge is 0.271 e. The van der Waals surface area contributed by atoms with E-state index in [1.807, 2.05) is 52.9 Å². The number of nitrogens with one attached hydrogen (secondary N) is 1. The van der Waals surface area contributed by atoms with Gasteiger partial charge in [-0.1, -0.05) is 35.6 Å². The maximum atomic E-state index is 12.4. The summed E-state index contributed by atoms with van der Waals surface area (Å²) in [5.41, 5.74) is 5.27. The first-order valence-corrected chi connectivity index (χ1v) is 9.69. The molecular formula is C20H20N4O2S. The first-order chi connectivity index (χ1) is 13.1. The van der Waals surface area contributed by atoms with E-state index < -0.39 is 0 Å². The van der Waals surface area contributed by atoms with Gasteiger partial charge in [0.05, 0.1) is 10.2 Å². The number of thiazole rings is 1. The van der Waals surface area contributed by atoms with Crippen LogP contribution >= 0.6 is 11.3 Å². The summed E-state index contributed by atoms with van der Waals surface area (Å²) in [6.45, 7) is 1.41. The second kappa shape index (κ2) is 7.36. The van der Waals surface area contributed by atoms with Gasteiger partial charge in [-0.15, -0.1) is 5.10 Å². The van der Waals surface area contributed by atoms with Gasteiger partial charge in [-0.3, -0.25) is 9.59 Å². The molecule has 6 nitrogen and oxygen atoms in total. The number of amides is 2. The molecule has 1 aliphatic rings. The zero-order chi connectivity index (χ0) is 18.8. The zero-order valence-corrected chi connectivity index (χ0v) is 15.8. The maximum Gasteiger partial charge on any atom is 0.271 e. The molecule has 0 atom stereocenters. The Morgan fingerprint density at radius 2 is 1.96 bits per heavy atom. The van der Waals surface area contributed by atoms with Gasteiger partial charge in [0.25, 0.3) is 5.91 Å². The van der Waals surface area contributed by atoms with Crippen LogP contribution in [-0.4, -0.2) is 27.8 Å². The Labute approximate surface area is 160 Å². The molecule has 138 valence electrons. The molecule has 4 rings (SSSR count). The minimum Gasteiger partial charge on any atom is -0.338 e. The maximum absolute atomic E-state index is 12.4. The van der Waals surface area contributed by atoms with Gasteiger partial charge in [0.15, 0.2) is 0 Å². The van der Waals surface area contributed by atoms with E-state index in [1.165, 1.54) is 11.3 Å². The molecule has 0 spiro atoms. The number of nitrogens with zero attached hydrogens (tertiary/aromatic N) is 3. The van der Waals surface area contributed by atoms with Gasteiger partial charge in [0.2, 0.25) is 10.7 Å². The van der Waals surface area contributed by atoms with Crippen molar-refractivity contribution in [1.82, 2.24) is 14.9 Å². The minimum absolute atomic E-state index is 0.201. The lowest BCUT2D eigenvalue weighted by Gasteiger charge is -2.15. The van der Waals surface area contributed by atoms with Crippen molar-refractivity contribution in [3.63, 3.8) is 0 Å². The van der Waals surface area contributed by atoms with Gasteiger partial charge in [-0.05, 0) is 36.2 Å². The summed E-state index contributed by atoms with van der Waals surface area (Å²) < 4.78 is 3.07. The summed E-state index contributed by atoms with van der Waals surface area (Å²) in [4.78, 5) is 26.7. The van der Waals surface area contributed by atoms with E-state index in [9.17, 15) is 9.59 Å². The molecule has 1 aliphatic heterocycles. The Bertz CT molecular complexity index is 1070. The standard InChI is InChI=1S/C20H20N4O2S/c1-23-16-5-2-3-6-17(16)27-20(23)22-21-19(26)15-10-8-14(9-11-15)13-24-12-4-7-18(24)25/h2-3,5-6,8-11H,4,7,12-13H2,1H3,(H,21,26)/b22-20-. The topological polar surface area (TPSA) is 66.7 Å². The molecule has 1 saturated heterocycles. The molecule has 2 heterocycles. The number of rotatable bonds is 4. The van der Waals surface area contributed by atoms with E-state index in [2.05, 4.69) is 10.5 Å². The molecule has 2 aromatic carbocycles. The van der Waals surface area contributed by atoms with E-state index in [0.29, 0.717) is 18.5 Å². The number of fused-ring (bicyclic) bond motifs is 1. The third-order valence-electron chi connectivity index (χ3n) is 4.73. The monoisotopic (exact) mass is 380 g/mol. The Kier molecular flexibility index (Phi) is 4.77. The van der Waals surface area contributed by atoms with Crippen LogP contribution in [0.25, 0.3) is 10.2 Å². The van der Waals surface area contributed by atoms with Gasteiger partial charge in [-0.25, -0.2) is 5.43 Å². The molecule has 1 N–H and O–H groups in total. The molecule has 0 aliphatic carbocycles. The van der Waals surface area contributed by atoms with E-state index in [0.717, 1.165) is 33.5 Å². The fraction of sp³-hybridized carbons (Fsp3) is 0.250. The molecule has 0 unspecified atom stereocenters. The second-order valence-electron chi connectivity index (χ2n) is 6.58. The van der Waals surface area contributed by atoms with Crippen molar-refractivity contribution in [3.8, 4) is 0 Å². The predicted molar refractivity (Wildman–Crippen MR) is 105 cm³/mol. The Balaban J connectivity index is 1.46. The van der Waals surface area contributed by atoms with Crippen LogP contribution in [0.3, 0.4) is 0 Å². The lowest BCUT2D eigenvalue weighted by molar-refractivity contribution is -0.128. The normalized spacial score (nSPS) is 14.9. The lowest BCUT2D eigenvalue weighted by Crippen LogP contribution is -2.24. The van der Waals surface area contributed by atoms with E-state index >= 15 is 0 Å². The number of likely N-dealkylation sites (tertiary alicyclic amines) is 1. The van der Waals surface area contributed by atoms with Crippen molar-refractivity contribution in [1.29, 1.82) is 0 Å². The van der Waals surface area contributed by atoms with Crippen molar-refractivity contribution in [2.45, 2.75) is 19.4 Å². The highest BCUT2D eigenvalue weighted by Gasteiger charge is 2.19. The van der Waals surface area contributed by atoms with Crippen molar-refractivity contribution in [2.75, 3.05) is 6.54 Å². The molecule has 1 fully saturated rings. The number of hydrogen-bond acceptors (Lipinski definition) is 4. The molecule has 0 radical (unpaired) electrons. The summed E-state index contributed by atoms with van der Waals surface area (Å²) in [6, 6.07) is 15.3.